The van der Waals surface area contributed by atoms with Gasteiger partial charge in [-0.05, 0) is 44.9 Å². The number of hydrogen-bond donors (Lipinski definition) is 2. The maximum atomic E-state index is 11.2. The summed E-state index contributed by atoms with van der Waals surface area (Å²) < 4.78 is 0. The second-order valence-electron chi connectivity index (χ2n) is 6.03. The standard InChI is InChI=1S/C13H22N2O2/c1-8-6-10(7-15(8)11-4-5-11)14-12(13(16)17)9-2-3-9/h8-12,14H,2-7H2,1H3,(H,16,17). The normalized spacial score (nSPS) is 36.1. The van der Waals surface area contributed by atoms with Crippen molar-refractivity contribution in [1.82, 2.24) is 10.2 Å². The highest BCUT2D eigenvalue weighted by Crippen LogP contribution is 2.36. The van der Waals surface area contributed by atoms with Crippen LogP contribution in [0.1, 0.15) is 39.0 Å². The first-order valence-corrected chi connectivity index (χ1v) is 6.89. The number of carbonyl (C=O) groups is 1. The van der Waals surface area contributed by atoms with E-state index in [1.54, 1.807) is 0 Å². The van der Waals surface area contributed by atoms with Gasteiger partial charge in [0.1, 0.15) is 6.04 Å². The second-order valence-corrected chi connectivity index (χ2v) is 6.03. The number of nitrogens with zero attached hydrogens (tertiary/aromatic N) is 1. The fourth-order valence-corrected chi connectivity index (χ4v) is 3.18. The summed E-state index contributed by atoms with van der Waals surface area (Å²) in [5, 5.41) is 12.6. The zero-order valence-electron chi connectivity index (χ0n) is 10.4. The molecular formula is C13H22N2O2. The molecule has 4 heteroatoms. The van der Waals surface area contributed by atoms with E-state index >= 15 is 0 Å². The van der Waals surface area contributed by atoms with E-state index in [0.29, 0.717) is 18.0 Å². The molecular weight excluding hydrogens is 216 g/mol. The van der Waals surface area contributed by atoms with Gasteiger partial charge in [-0.1, -0.05) is 0 Å². The van der Waals surface area contributed by atoms with E-state index in [-0.39, 0.29) is 6.04 Å². The maximum Gasteiger partial charge on any atom is 0.320 e. The highest BCUT2D eigenvalue weighted by atomic mass is 16.4. The molecule has 0 radical (unpaired) electrons. The van der Waals surface area contributed by atoms with Crippen LogP contribution in [-0.4, -0.2) is 46.7 Å². The summed E-state index contributed by atoms with van der Waals surface area (Å²) in [6, 6.07) is 1.49. The molecule has 2 aliphatic carbocycles. The van der Waals surface area contributed by atoms with Gasteiger partial charge in [0.15, 0.2) is 0 Å². The van der Waals surface area contributed by atoms with Crippen molar-refractivity contribution in [3.8, 4) is 0 Å². The van der Waals surface area contributed by atoms with Crippen molar-refractivity contribution in [3.63, 3.8) is 0 Å². The Kier molecular flexibility index (Phi) is 2.87. The Labute approximate surface area is 102 Å². The topological polar surface area (TPSA) is 52.6 Å². The van der Waals surface area contributed by atoms with Gasteiger partial charge in [0.25, 0.3) is 0 Å². The van der Waals surface area contributed by atoms with Crippen LogP contribution in [0.4, 0.5) is 0 Å². The van der Waals surface area contributed by atoms with Crippen molar-refractivity contribution in [2.75, 3.05) is 6.54 Å². The summed E-state index contributed by atoms with van der Waals surface area (Å²) in [5.74, 6) is -0.275. The molecule has 1 saturated heterocycles. The van der Waals surface area contributed by atoms with Gasteiger partial charge >= 0.3 is 5.97 Å². The summed E-state index contributed by atoms with van der Waals surface area (Å²) in [5.41, 5.74) is 0. The van der Waals surface area contributed by atoms with Crippen LogP contribution >= 0.6 is 0 Å². The molecule has 2 N–H and O–H groups in total. The average Bonchev–Trinajstić information content (AvgIpc) is 3.14. The molecule has 2 saturated carbocycles. The zero-order valence-corrected chi connectivity index (χ0v) is 10.4. The molecule has 96 valence electrons. The Morgan fingerprint density at radius 1 is 1.35 bits per heavy atom. The first-order valence-electron chi connectivity index (χ1n) is 6.89. The van der Waals surface area contributed by atoms with Crippen LogP contribution in [0, 0.1) is 5.92 Å². The van der Waals surface area contributed by atoms with Crippen molar-refractivity contribution >= 4 is 5.97 Å². The van der Waals surface area contributed by atoms with Crippen LogP contribution in [0.25, 0.3) is 0 Å². The van der Waals surface area contributed by atoms with Gasteiger partial charge in [0.05, 0.1) is 0 Å². The Morgan fingerprint density at radius 3 is 2.59 bits per heavy atom. The lowest BCUT2D eigenvalue weighted by Crippen LogP contribution is -2.46. The minimum absolute atomic E-state index is 0.300. The Hall–Kier alpha value is -0.610. The van der Waals surface area contributed by atoms with Gasteiger partial charge < -0.3 is 10.4 Å². The summed E-state index contributed by atoms with van der Waals surface area (Å²) >= 11 is 0. The number of nitrogens with one attached hydrogen (secondary N) is 1. The lowest BCUT2D eigenvalue weighted by Gasteiger charge is -2.21. The van der Waals surface area contributed by atoms with Crippen LogP contribution in [-0.2, 0) is 4.79 Å². The SMILES string of the molecule is CC1CC(NC(C(=O)O)C2CC2)CN1C1CC1. The van der Waals surface area contributed by atoms with E-state index in [0.717, 1.165) is 31.8 Å². The van der Waals surface area contributed by atoms with E-state index < -0.39 is 5.97 Å². The minimum atomic E-state index is -0.662. The predicted molar refractivity (Wildman–Crippen MR) is 64.9 cm³/mol. The lowest BCUT2D eigenvalue weighted by molar-refractivity contribution is -0.140. The first-order chi connectivity index (χ1) is 8.15. The quantitative estimate of drug-likeness (QED) is 0.752. The van der Waals surface area contributed by atoms with E-state index in [9.17, 15) is 9.90 Å². The average molecular weight is 238 g/mol. The van der Waals surface area contributed by atoms with E-state index in [4.69, 9.17) is 0 Å². The Bertz CT molecular complexity index is 313. The van der Waals surface area contributed by atoms with Gasteiger partial charge in [-0.25, -0.2) is 0 Å². The third-order valence-corrected chi connectivity index (χ3v) is 4.41. The van der Waals surface area contributed by atoms with Crippen molar-refractivity contribution in [2.24, 2.45) is 5.92 Å². The van der Waals surface area contributed by atoms with Crippen LogP contribution in [0.5, 0.6) is 0 Å². The molecule has 0 aromatic rings. The van der Waals surface area contributed by atoms with Crippen LogP contribution in [0.2, 0.25) is 0 Å². The molecule has 4 nitrogen and oxygen atoms in total. The van der Waals surface area contributed by atoms with Crippen LogP contribution in [0.15, 0.2) is 0 Å². The highest BCUT2D eigenvalue weighted by Gasteiger charge is 2.42. The molecule has 3 aliphatic rings. The first kappa shape index (κ1) is 11.5. The summed E-state index contributed by atoms with van der Waals surface area (Å²) in [6.45, 7) is 3.31. The molecule has 3 fully saturated rings. The smallest absolute Gasteiger partial charge is 0.320 e. The second kappa shape index (κ2) is 4.25. The van der Waals surface area contributed by atoms with Crippen molar-refractivity contribution in [2.45, 2.75) is 63.2 Å². The van der Waals surface area contributed by atoms with Crippen molar-refractivity contribution < 1.29 is 9.90 Å². The number of carboxylic acid groups (broad SMARTS) is 1. The van der Waals surface area contributed by atoms with E-state index in [1.165, 1.54) is 12.8 Å². The third-order valence-electron chi connectivity index (χ3n) is 4.41. The molecule has 17 heavy (non-hydrogen) atoms. The van der Waals surface area contributed by atoms with Gasteiger partial charge in [0, 0.05) is 24.7 Å². The van der Waals surface area contributed by atoms with Gasteiger partial charge in [-0.2, -0.15) is 0 Å². The molecule has 0 amide bonds. The van der Waals surface area contributed by atoms with Crippen LogP contribution < -0.4 is 5.32 Å². The number of aliphatic carboxylic acids is 1. The molecule has 3 atom stereocenters. The minimum Gasteiger partial charge on any atom is -0.480 e. The number of carboxylic acids is 1. The van der Waals surface area contributed by atoms with Gasteiger partial charge in [0.2, 0.25) is 0 Å². The predicted octanol–water partition coefficient (Wildman–Crippen LogP) is 1.06. The van der Waals surface area contributed by atoms with Crippen LogP contribution in [0.3, 0.4) is 0 Å². The molecule has 0 aromatic heterocycles. The number of likely N-dealkylation sites (tertiary alicyclic amines) is 1. The molecule has 3 rings (SSSR count). The maximum absolute atomic E-state index is 11.2. The largest absolute Gasteiger partial charge is 0.480 e. The molecule has 1 heterocycles. The molecule has 0 spiro atoms. The summed E-state index contributed by atoms with van der Waals surface area (Å²) in [7, 11) is 0. The van der Waals surface area contributed by atoms with E-state index in [1.807, 2.05) is 0 Å². The Morgan fingerprint density at radius 2 is 2.06 bits per heavy atom. The van der Waals surface area contributed by atoms with E-state index in [2.05, 4.69) is 17.1 Å². The van der Waals surface area contributed by atoms with Gasteiger partial charge in [-0.3, -0.25) is 9.69 Å². The monoisotopic (exact) mass is 238 g/mol. The lowest BCUT2D eigenvalue weighted by atomic mass is 10.1. The van der Waals surface area contributed by atoms with Crippen molar-refractivity contribution in [1.29, 1.82) is 0 Å². The molecule has 0 aromatic carbocycles. The number of rotatable bonds is 5. The van der Waals surface area contributed by atoms with Gasteiger partial charge in [-0.15, -0.1) is 0 Å². The Balaban J connectivity index is 1.56. The van der Waals surface area contributed by atoms with Crippen molar-refractivity contribution in [3.05, 3.63) is 0 Å². The third kappa shape index (κ3) is 2.47. The molecule has 0 bridgehead atoms. The number of hydrogen-bond acceptors (Lipinski definition) is 3. The molecule has 1 aliphatic heterocycles. The fourth-order valence-electron chi connectivity index (χ4n) is 3.18. The molecule has 3 unspecified atom stereocenters. The zero-order chi connectivity index (χ0) is 12.0. The highest BCUT2D eigenvalue weighted by molar-refractivity contribution is 5.74. The summed E-state index contributed by atoms with van der Waals surface area (Å²) in [6.07, 6.45) is 5.94. The fraction of sp³-hybridized carbons (Fsp3) is 0.923. The summed E-state index contributed by atoms with van der Waals surface area (Å²) in [4.78, 5) is 13.8.